The molecule has 3 aromatic rings. The van der Waals surface area contributed by atoms with Gasteiger partial charge in [-0.3, -0.25) is 4.79 Å². The number of aromatic nitrogens is 1. The fourth-order valence-electron chi connectivity index (χ4n) is 2.81. The number of nitriles is 1. The van der Waals surface area contributed by atoms with Crippen LogP contribution in [0.2, 0.25) is 0 Å². The van der Waals surface area contributed by atoms with Crippen molar-refractivity contribution in [2.75, 3.05) is 0 Å². The second kappa shape index (κ2) is 6.62. The zero-order chi connectivity index (χ0) is 18.0. The zero-order valence-corrected chi connectivity index (χ0v) is 13.8. The highest BCUT2D eigenvalue weighted by atomic mass is 19.1. The fraction of sp³-hybridized carbons (Fsp3) is 0.100. The van der Waals surface area contributed by atoms with E-state index in [0.717, 1.165) is 0 Å². The highest BCUT2D eigenvalue weighted by molar-refractivity contribution is 6.14. The number of benzene rings is 1. The van der Waals surface area contributed by atoms with Gasteiger partial charge in [0, 0.05) is 23.0 Å². The third kappa shape index (κ3) is 3.02. The summed E-state index contributed by atoms with van der Waals surface area (Å²) in [5.74, 6) is -0.377. The van der Waals surface area contributed by atoms with Gasteiger partial charge in [0.25, 0.3) is 0 Å². The molecule has 4 nitrogen and oxygen atoms in total. The summed E-state index contributed by atoms with van der Waals surface area (Å²) in [4.78, 5) is 12.8. The third-order valence-electron chi connectivity index (χ3n) is 3.96. The van der Waals surface area contributed by atoms with Gasteiger partial charge in [-0.15, -0.1) is 0 Å². The monoisotopic (exact) mass is 334 g/mol. The maximum absolute atomic E-state index is 14.1. The van der Waals surface area contributed by atoms with E-state index in [1.807, 2.05) is 6.07 Å². The van der Waals surface area contributed by atoms with Crippen LogP contribution in [0, 0.1) is 31.0 Å². The lowest BCUT2D eigenvalue weighted by molar-refractivity contribution is 0.103. The molecular weight excluding hydrogens is 319 g/mol. The van der Waals surface area contributed by atoms with Crippen molar-refractivity contribution in [1.29, 1.82) is 5.26 Å². The SMILES string of the molecule is Cc1cc(C(=O)C(C#N)=Cc2ccco2)c(C)n1-c1ccccc1F. The Labute approximate surface area is 144 Å². The van der Waals surface area contributed by atoms with E-state index in [9.17, 15) is 14.4 Å². The minimum absolute atomic E-state index is 0.0382. The van der Waals surface area contributed by atoms with Crippen LogP contribution in [0.15, 0.2) is 58.7 Å². The van der Waals surface area contributed by atoms with E-state index >= 15 is 0 Å². The molecule has 0 aliphatic rings. The van der Waals surface area contributed by atoms with Crippen molar-refractivity contribution in [2.45, 2.75) is 13.8 Å². The van der Waals surface area contributed by atoms with Crippen LogP contribution in [0.1, 0.15) is 27.5 Å². The maximum Gasteiger partial charge on any atom is 0.205 e. The first-order chi connectivity index (χ1) is 12.0. The van der Waals surface area contributed by atoms with Crippen molar-refractivity contribution in [3.05, 3.63) is 82.8 Å². The van der Waals surface area contributed by atoms with Crippen LogP contribution < -0.4 is 0 Å². The first-order valence-electron chi connectivity index (χ1n) is 7.66. The summed E-state index contributed by atoms with van der Waals surface area (Å²) >= 11 is 0. The summed E-state index contributed by atoms with van der Waals surface area (Å²) in [5.41, 5.74) is 1.98. The van der Waals surface area contributed by atoms with Crippen LogP contribution in [0.5, 0.6) is 0 Å². The van der Waals surface area contributed by atoms with Gasteiger partial charge in [0.05, 0.1) is 12.0 Å². The fourth-order valence-corrected chi connectivity index (χ4v) is 2.81. The number of hydrogen-bond acceptors (Lipinski definition) is 3. The Kier molecular flexibility index (Phi) is 4.36. The van der Waals surface area contributed by atoms with Gasteiger partial charge < -0.3 is 8.98 Å². The van der Waals surface area contributed by atoms with Crippen LogP contribution in [0.3, 0.4) is 0 Å². The minimum atomic E-state index is -0.422. The Bertz CT molecular complexity index is 1000. The molecule has 0 N–H and O–H groups in total. The molecule has 25 heavy (non-hydrogen) atoms. The van der Waals surface area contributed by atoms with E-state index in [1.54, 1.807) is 54.8 Å². The first-order valence-corrected chi connectivity index (χ1v) is 7.66. The van der Waals surface area contributed by atoms with E-state index in [-0.39, 0.29) is 11.4 Å². The maximum atomic E-state index is 14.1. The summed E-state index contributed by atoms with van der Waals surface area (Å²) in [6.45, 7) is 3.52. The van der Waals surface area contributed by atoms with Crippen LogP contribution >= 0.6 is 0 Å². The quantitative estimate of drug-likeness (QED) is 0.397. The number of nitrogens with zero attached hydrogens (tertiary/aromatic N) is 2. The van der Waals surface area contributed by atoms with Crippen molar-refractivity contribution < 1.29 is 13.6 Å². The molecule has 2 aromatic heterocycles. The molecule has 0 fully saturated rings. The van der Waals surface area contributed by atoms with Gasteiger partial charge in [0.1, 0.15) is 23.2 Å². The number of allylic oxidation sites excluding steroid dienone is 1. The smallest absolute Gasteiger partial charge is 0.205 e. The van der Waals surface area contributed by atoms with Crippen molar-refractivity contribution in [3.8, 4) is 11.8 Å². The zero-order valence-electron chi connectivity index (χ0n) is 13.8. The normalized spacial score (nSPS) is 11.4. The van der Waals surface area contributed by atoms with Crippen molar-refractivity contribution >= 4 is 11.9 Å². The van der Waals surface area contributed by atoms with Crippen molar-refractivity contribution in [1.82, 2.24) is 4.57 Å². The molecule has 0 spiro atoms. The molecule has 0 aliphatic heterocycles. The number of para-hydroxylation sites is 1. The average Bonchev–Trinajstić information content (AvgIpc) is 3.21. The number of furan rings is 1. The second-order valence-corrected chi connectivity index (χ2v) is 5.59. The summed E-state index contributed by atoms with van der Waals surface area (Å²) < 4.78 is 21.0. The summed E-state index contributed by atoms with van der Waals surface area (Å²) in [6.07, 6.45) is 2.87. The van der Waals surface area contributed by atoms with Gasteiger partial charge in [-0.1, -0.05) is 12.1 Å². The lowest BCUT2D eigenvalue weighted by Gasteiger charge is -2.10. The lowest BCUT2D eigenvalue weighted by Crippen LogP contribution is -2.06. The molecule has 0 aliphatic carbocycles. The molecule has 0 radical (unpaired) electrons. The van der Waals surface area contributed by atoms with Gasteiger partial charge in [-0.25, -0.2) is 4.39 Å². The van der Waals surface area contributed by atoms with Crippen molar-refractivity contribution in [3.63, 3.8) is 0 Å². The van der Waals surface area contributed by atoms with Crippen LogP contribution in [0.25, 0.3) is 11.8 Å². The van der Waals surface area contributed by atoms with E-state index in [4.69, 9.17) is 4.42 Å². The molecule has 0 saturated carbocycles. The topological polar surface area (TPSA) is 58.9 Å². The Morgan fingerprint density at radius 1 is 1.24 bits per heavy atom. The summed E-state index contributed by atoms with van der Waals surface area (Å²) in [6, 6.07) is 13.3. The number of rotatable bonds is 4. The Balaban J connectivity index is 2.08. The predicted molar refractivity (Wildman–Crippen MR) is 91.8 cm³/mol. The van der Waals surface area contributed by atoms with E-state index in [1.165, 1.54) is 18.4 Å². The highest BCUT2D eigenvalue weighted by Gasteiger charge is 2.21. The first kappa shape index (κ1) is 16.5. The number of carbonyl (C=O) groups excluding carboxylic acids is 1. The lowest BCUT2D eigenvalue weighted by atomic mass is 10.0. The minimum Gasteiger partial charge on any atom is -0.465 e. The van der Waals surface area contributed by atoms with Gasteiger partial charge in [-0.2, -0.15) is 5.26 Å². The van der Waals surface area contributed by atoms with E-state index < -0.39 is 5.78 Å². The summed E-state index contributed by atoms with van der Waals surface area (Å²) in [7, 11) is 0. The molecule has 1 aromatic carbocycles. The Hall–Kier alpha value is -3.39. The largest absolute Gasteiger partial charge is 0.465 e. The van der Waals surface area contributed by atoms with Gasteiger partial charge >= 0.3 is 0 Å². The molecule has 0 bridgehead atoms. The highest BCUT2D eigenvalue weighted by Crippen LogP contribution is 2.25. The molecule has 0 atom stereocenters. The number of ketones is 1. The second-order valence-electron chi connectivity index (χ2n) is 5.59. The molecule has 2 heterocycles. The number of carbonyl (C=O) groups is 1. The molecule has 0 saturated heterocycles. The molecular formula is C20H15FN2O2. The Morgan fingerprint density at radius 2 is 2.00 bits per heavy atom. The van der Waals surface area contributed by atoms with Crippen LogP contribution in [0.4, 0.5) is 4.39 Å². The number of Topliss-reactive ketones (excluding diaryl/α,β-unsaturated/α-hetero) is 1. The molecule has 3 rings (SSSR count). The van der Waals surface area contributed by atoms with E-state index in [2.05, 4.69) is 0 Å². The number of aryl methyl sites for hydroxylation is 1. The predicted octanol–water partition coefficient (Wildman–Crippen LogP) is 4.62. The average molecular weight is 334 g/mol. The number of hydrogen-bond donors (Lipinski definition) is 0. The summed E-state index contributed by atoms with van der Waals surface area (Å²) in [5, 5.41) is 9.34. The standard InChI is InChI=1S/C20H15FN2O2/c1-13-10-17(14(2)23(13)19-8-4-3-7-18(19)21)20(24)15(12-22)11-16-6-5-9-25-16/h3-11H,1-2H3. The van der Waals surface area contributed by atoms with Gasteiger partial charge in [0.2, 0.25) is 5.78 Å². The van der Waals surface area contributed by atoms with Crippen LogP contribution in [-0.4, -0.2) is 10.4 Å². The Morgan fingerprint density at radius 3 is 2.64 bits per heavy atom. The van der Waals surface area contributed by atoms with Gasteiger partial charge in [0.15, 0.2) is 0 Å². The van der Waals surface area contributed by atoms with Crippen LogP contribution in [-0.2, 0) is 0 Å². The van der Waals surface area contributed by atoms with E-state index in [0.29, 0.717) is 28.4 Å². The molecule has 5 heteroatoms. The molecule has 0 amide bonds. The molecule has 124 valence electrons. The van der Waals surface area contributed by atoms with Crippen molar-refractivity contribution in [2.24, 2.45) is 0 Å². The molecule has 0 unspecified atom stereocenters. The van der Waals surface area contributed by atoms with Gasteiger partial charge in [-0.05, 0) is 44.2 Å². The number of halogens is 1. The third-order valence-corrected chi connectivity index (χ3v) is 3.96.